The van der Waals surface area contributed by atoms with E-state index in [0.717, 1.165) is 0 Å². The van der Waals surface area contributed by atoms with Crippen molar-refractivity contribution in [1.29, 1.82) is 0 Å². The molecule has 1 amide bonds. The quantitative estimate of drug-likeness (QED) is 0.869. The molecule has 8 heteroatoms. The number of amides is 1. The van der Waals surface area contributed by atoms with Crippen molar-refractivity contribution in [2.45, 2.75) is 10.8 Å². The summed E-state index contributed by atoms with van der Waals surface area (Å²) in [7, 11) is 0. The number of hydrogen-bond acceptors (Lipinski definition) is 6. The third kappa shape index (κ3) is 3.61. The number of ether oxygens (including phenoxy) is 1. The third-order valence-corrected chi connectivity index (χ3v) is 4.57. The molecule has 23 heavy (non-hydrogen) atoms. The minimum atomic E-state index is -0.476. The van der Waals surface area contributed by atoms with Crippen LogP contribution in [0, 0.1) is 0 Å². The SMILES string of the molecule is O=C(Nc1ccn([C@@H]2CO[C@H](CO)S2)c(=O)n1)c1ccccc1. The van der Waals surface area contributed by atoms with Crippen molar-refractivity contribution in [2.24, 2.45) is 0 Å². The molecule has 2 N–H and O–H groups in total. The molecule has 1 aliphatic heterocycles. The first-order valence-electron chi connectivity index (χ1n) is 7.01. The molecule has 0 saturated carbocycles. The van der Waals surface area contributed by atoms with Crippen molar-refractivity contribution < 1.29 is 14.6 Å². The van der Waals surface area contributed by atoms with Gasteiger partial charge in [-0.1, -0.05) is 18.2 Å². The van der Waals surface area contributed by atoms with Crippen LogP contribution in [0.2, 0.25) is 0 Å². The lowest BCUT2D eigenvalue weighted by atomic mass is 10.2. The summed E-state index contributed by atoms with van der Waals surface area (Å²) in [6, 6.07) is 10.3. The van der Waals surface area contributed by atoms with E-state index in [1.54, 1.807) is 36.5 Å². The van der Waals surface area contributed by atoms with Crippen LogP contribution >= 0.6 is 11.8 Å². The highest BCUT2D eigenvalue weighted by atomic mass is 32.2. The van der Waals surface area contributed by atoms with E-state index < -0.39 is 5.69 Å². The van der Waals surface area contributed by atoms with Crippen molar-refractivity contribution >= 4 is 23.5 Å². The molecule has 1 aliphatic rings. The number of carbonyl (C=O) groups is 1. The summed E-state index contributed by atoms with van der Waals surface area (Å²) in [6.07, 6.45) is 1.57. The van der Waals surface area contributed by atoms with Crippen LogP contribution in [0.5, 0.6) is 0 Å². The van der Waals surface area contributed by atoms with Crippen LogP contribution in [0.1, 0.15) is 15.7 Å². The number of carbonyl (C=O) groups excluding carboxylic acids is 1. The van der Waals surface area contributed by atoms with Gasteiger partial charge in [0.15, 0.2) is 0 Å². The van der Waals surface area contributed by atoms with Crippen LogP contribution in [0.4, 0.5) is 5.82 Å². The average Bonchev–Trinajstić information content (AvgIpc) is 3.04. The predicted molar refractivity (Wildman–Crippen MR) is 86.3 cm³/mol. The Morgan fingerprint density at radius 1 is 1.39 bits per heavy atom. The van der Waals surface area contributed by atoms with Crippen molar-refractivity contribution in [3.05, 3.63) is 58.6 Å². The normalized spacial score (nSPS) is 20.4. The molecule has 120 valence electrons. The van der Waals surface area contributed by atoms with Crippen molar-refractivity contribution in [3.63, 3.8) is 0 Å². The molecule has 0 radical (unpaired) electrons. The van der Waals surface area contributed by atoms with Gasteiger partial charge in [-0.3, -0.25) is 9.36 Å². The summed E-state index contributed by atoms with van der Waals surface area (Å²) in [4.78, 5) is 28.0. The lowest BCUT2D eigenvalue weighted by molar-refractivity contribution is 0.0803. The van der Waals surface area contributed by atoms with E-state index in [9.17, 15) is 9.59 Å². The predicted octanol–water partition coefficient (Wildman–Crippen LogP) is 1.08. The molecule has 0 aliphatic carbocycles. The Morgan fingerprint density at radius 3 is 2.83 bits per heavy atom. The summed E-state index contributed by atoms with van der Waals surface area (Å²) in [5.74, 6) is -0.128. The number of benzene rings is 1. The summed E-state index contributed by atoms with van der Waals surface area (Å²) in [5.41, 5.74) is -0.316. The van der Waals surface area contributed by atoms with E-state index >= 15 is 0 Å². The maximum atomic E-state index is 12.1. The molecular formula is C15H15N3O4S. The van der Waals surface area contributed by atoms with Gasteiger partial charge in [0.05, 0.1) is 13.2 Å². The molecule has 2 aromatic rings. The first kappa shape index (κ1) is 15.7. The van der Waals surface area contributed by atoms with Gasteiger partial charge in [-0.25, -0.2) is 4.79 Å². The number of rotatable bonds is 4. The second-order valence-electron chi connectivity index (χ2n) is 4.86. The fourth-order valence-electron chi connectivity index (χ4n) is 2.16. The first-order chi connectivity index (χ1) is 11.2. The fraction of sp³-hybridized carbons (Fsp3) is 0.267. The lowest BCUT2D eigenvalue weighted by Gasteiger charge is -2.12. The Labute approximate surface area is 136 Å². The minimum absolute atomic E-state index is 0.103. The number of aliphatic hydroxyl groups excluding tert-OH is 1. The summed E-state index contributed by atoms with van der Waals surface area (Å²) in [5, 5.41) is 11.4. The fourth-order valence-corrected chi connectivity index (χ4v) is 3.21. The van der Waals surface area contributed by atoms with E-state index in [4.69, 9.17) is 9.84 Å². The Bertz CT molecular complexity index is 750. The Balaban J connectivity index is 1.72. The molecule has 2 heterocycles. The van der Waals surface area contributed by atoms with Crippen LogP contribution < -0.4 is 11.0 Å². The van der Waals surface area contributed by atoms with E-state index in [1.807, 2.05) is 6.07 Å². The first-order valence-corrected chi connectivity index (χ1v) is 7.95. The Hall–Kier alpha value is -2.16. The van der Waals surface area contributed by atoms with Gasteiger partial charge >= 0.3 is 5.69 Å². The zero-order valence-corrected chi connectivity index (χ0v) is 12.9. The molecule has 1 fully saturated rings. The van der Waals surface area contributed by atoms with Crippen molar-refractivity contribution in [3.8, 4) is 0 Å². The summed E-state index contributed by atoms with van der Waals surface area (Å²) >= 11 is 1.36. The number of thioether (sulfide) groups is 1. The lowest BCUT2D eigenvalue weighted by Crippen LogP contribution is -2.27. The zero-order chi connectivity index (χ0) is 16.2. The smallest absolute Gasteiger partial charge is 0.350 e. The van der Waals surface area contributed by atoms with Crippen molar-refractivity contribution in [1.82, 2.24) is 9.55 Å². The molecule has 7 nitrogen and oxygen atoms in total. The Kier molecular flexibility index (Phi) is 4.75. The standard InChI is InChI=1S/C15H15N3O4S/c19-8-13-22-9-12(23-13)18-7-6-11(17-15(18)21)16-14(20)10-4-2-1-3-5-10/h1-7,12-13,19H,8-9H2,(H,16,17,20,21)/t12-,13-/m0/s1. The number of hydrogen-bond donors (Lipinski definition) is 2. The van der Waals surface area contributed by atoms with Gasteiger partial charge in [0.1, 0.15) is 16.6 Å². The van der Waals surface area contributed by atoms with Gasteiger partial charge in [-0.2, -0.15) is 4.98 Å². The van der Waals surface area contributed by atoms with Crippen LogP contribution in [0.25, 0.3) is 0 Å². The molecule has 1 saturated heterocycles. The largest absolute Gasteiger partial charge is 0.393 e. The van der Waals surface area contributed by atoms with Crippen LogP contribution in [0.3, 0.4) is 0 Å². The second kappa shape index (κ2) is 6.95. The Morgan fingerprint density at radius 2 is 2.17 bits per heavy atom. The van der Waals surface area contributed by atoms with Gasteiger partial charge in [0, 0.05) is 11.8 Å². The molecule has 1 aromatic carbocycles. The second-order valence-corrected chi connectivity index (χ2v) is 6.20. The maximum Gasteiger partial charge on any atom is 0.350 e. The summed E-state index contributed by atoms with van der Waals surface area (Å²) in [6.45, 7) is 0.224. The van der Waals surface area contributed by atoms with Gasteiger partial charge in [0.25, 0.3) is 5.91 Å². The van der Waals surface area contributed by atoms with E-state index in [-0.39, 0.29) is 29.1 Å². The number of anilines is 1. The van der Waals surface area contributed by atoms with Gasteiger partial charge < -0.3 is 15.2 Å². The van der Waals surface area contributed by atoms with Crippen LogP contribution in [0.15, 0.2) is 47.4 Å². The molecule has 3 rings (SSSR count). The van der Waals surface area contributed by atoms with Gasteiger partial charge in [0.2, 0.25) is 0 Å². The molecule has 1 aromatic heterocycles. The number of aromatic nitrogens is 2. The molecule has 0 bridgehead atoms. The summed E-state index contributed by atoms with van der Waals surface area (Å²) < 4.78 is 6.76. The van der Waals surface area contributed by atoms with E-state index in [0.29, 0.717) is 12.2 Å². The van der Waals surface area contributed by atoms with Crippen LogP contribution in [-0.4, -0.2) is 39.2 Å². The molecular weight excluding hydrogens is 318 g/mol. The average molecular weight is 333 g/mol. The van der Waals surface area contributed by atoms with Gasteiger partial charge in [-0.15, -0.1) is 11.8 Å². The number of nitrogens with one attached hydrogen (secondary N) is 1. The van der Waals surface area contributed by atoms with E-state index in [2.05, 4.69) is 10.3 Å². The zero-order valence-electron chi connectivity index (χ0n) is 12.1. The maximum absolute atomic E-state index is 12.1. The van der Waals surface area contributed by atoms with Gasteiger partial charge in [-0.05, 0) is 18.2 Å². The number of aliphatic hydroxyl groups is 1. The third-order valence-electron chi connectivity index (χ3n) is 3.30. The highest BCUT2D eigenvalue weighted by Crippen LogP contribution is 2.34. The minimum Gasteiger partial charge on any atom is -0.393 e. The topological polar surface area (TPSA) is 93.5 Å². The van der Waals surface area contributed by atoms with Crippen molar-refractivity contribution in [2.75, 3.05) is 18.5 Å². The van der Waals surface area contributed by atoms with E-state index in [1.165, 1.54) is 16.3 Å². The highest BCUT2D eigenvalue weighted by Gasteiger charge is 2.27. The highest BCUT2D eigenvalue weighted by molar-refractivity contribution is 8.00. The molecule has 0 spiro atoms. The van der Waals surface area contributed by atoms with Crippen LogP contribution in [-0.2, 0) is 4.74 Å². The molecule has 0 unspecified atom stereocenters. The monoisotopic (exact) mass is 333 g/mol. The number of nitrogens with zero attached hydrogens (tertiary/aromatic N) is 2. The molecule has 2 atom stereocenters.